The predicted molar refractivity (Wildman–Crippen MR) is 88.5 cm³/mol. The highest BCUT2D eigenvalue weighted by atomic mass is 32.1. The largest absolute Gasteiger partial charge is 0.337 e. The van der Waals surface area contributed by atoms with Crippen molar-refractivity contribution in [2.24, 2.45) is 0 Å². The summed E-state index contributed by atoms with van der Waals surface area (Å²) in [5.41, 5.74) is 0.758. The number of carbonyl (C=O) groups excluding carboxylic acids is 1. The molecule has 2 N–H and O–H groups in total. The molecule has 0 aliphatic carbocycles. The molecule has 2 atom stereocenters. The third-order valence-electron chi connectivity index (χ3n) is 3.52. The van der Waals surface area contributed by atoms with Gasteiger partial charge in [-0.05, 0) is 19.1 Å². The van der Waals surface area contributed by atoms with E-state index in [1.807, 2.05) is 48.0 Å². The third-order valence-corrected chi connectivity index (χ3v) is 4.52. The Hall–Kier alpha value is -2.48. The Bertz CT molecular complexity index is 784. The molecule has 8 heteroatoms. The van der Waals surface area contributed by atoms with Gasteiger partial charge in [-0.1, -0.05) is 13.0 Å². The zero-order valence-corrected chi connectivity index (χ0v) is 13.7. The van der Waals surface area contributed by atoms with E-state index in [2.05, 4.69) is 25.8 Å². The molecular formula is C15H18N6OS. The van der Waals surface area contributed by atoms with Crippen molar-refractivity contribution >= 4 is 23.0 Å². The van der Waals surface area contributed by atoms with Crippen molar-refractivity contribution in [3.8, 4) is 0 Å². The fourth-order valence-electron chi connectivity index (χ4n) is 2.28. The SMILES string of the molecule is C[C@H](NC(=O)NC[C@H](C)c1nccs1)c1nnc2ccccn12. The molecule has 2 amide bonds. The zero-order chi connectivity index (χ0) is 16.2. The molecule has 0 aromatic carbocycles. The molecular weight excluding hydrogens is 312 g/mol. The van der Waals surface area contributed by atoms with E-state index in [-0.39, 0.29) is 18.0 Å². The summed E-state index contributed by atoms with van der Waals surface area (Å²) in [6.07, 6.45) is 3.65. The Morgan fingerprint density at radius 3 is 3.00 bits per heavy atom. The number of carbonyl (C=O) groups is 1. The van der Waals surface area contributed by atoms with Gasteiger partial charge in [-0.25, -0.2) is 9.78 Å². The Morgan fingerprint density at radius 2 is 2.22 bits per heavy atom. The first-order valence-corrected chi connectivity index (χ1v) is 8.26. The lowest BCUT2D eigenvalue weighted by Crippen LogP contribution is -2.39. The number of hydrogen-bond donors (Lipinski definition) is 2. The van der Waals surface area contributed by atoms with Crippen molar-refractivity contribution in [1.82, 2.24) is 30.2 Å². The van der Waals surface area contributed by atoms with Crippen LogP contribution in [0.4, 0.5) is 4.79 Å². The van der Waals surface area contributed by atoms with Crippen molar-refractivity contribution in [1.29, 1.82) is 0 Å². The second-order valence-corrected chi connectivity index (χ2v) is 6.26. The molecule has 120 valence electrons. The van der Waals surface area contributed by atoms with Crippen LogP contribution in [-0.2, 0) is 0 Å². The summed E-state index contributed by atoms with van der Waals surface area (Å²) in [7, 11) is 0. The van der Waals surface area contributed by atoms with E-state index >= 15 is 0 Å². The highest BCUT2D eigenvalue weighted by molar-refractivity contribution is 7.09. The molecule has 0 fully saturated rings. The van der Waals surface area contributed by atoms with Gasteiger partial charge in [-0.15, -0.1) is 21.5 Å². The van der Waals surface area contributed by atoms with E-state index in [0.29, 0.717) is 12.4 Å². The molecule has 7 nitrogen and oxygen atoms in total. The number of aromatic nitrogens is 4. The van der Waals surface area contributed by atoms with Crippen molar-refractivity contribution in [2.45, 2.75) is 25.8 Å². The summed E-state index contributed by atoms with van der Waals surface area (Å²) in [6, 6.07) is 5.20. The number of nitrogens with zero attached hydrogens (tertiary/aromatic N) is 4. The van der Waals surface area contributed by atoms with Gasteiger partial charge in [0.05, 0.1) is 11.0 Å². The topological polar surface area (TPSA) is 84.2 Å². The minimum Gasteiger partial charge on any atom is -0.337 e. The van der Waals surface area contributed by atoms with E-state index in [0.717, 1.165) is 10.7 Å². The number of nitrogens with one attached hydrogen (secondary N) is 2. The summed E-state index contributed by atoms with van der Waals surface area (Å²) in [6.45, 7) is 4.45. The van der Waals surface area contributed by atoms with E-state index in [1.54, 1.807) is 17.5 Å². The summed E-state index contributed by atoms with van der Waals surface area (Å²) < 4.78 is 1.86. The maximum Gasteiger partial charge on any atom is 0.315 e. The van der Waals surface area contributed by atoms with Gasteiger partial charge in [0.15, 0.2) is 11.5 Å². The van der Waals surface area contributed by atoms with E-state index in [1.165, 1.54) is 0 Å². The standard InChI is InChI=1S/C15H18N6OS/c1-10(14-16-6-8-23-14)9-17-15(22)18-11(2)13-20-19-12-5-3-4-7-21(12)13/h3-8,10-11H,9H2,1-2H3,(H2,17,18,22)/t10-,11-/m0/s1. The normalized spacial score (nSPS) is 13.7. The summed E-state index contributed by atoms with van der Waals surface area (Å²) >= 11 is 1.59. The molecule has 0 radical (unpaired) electrons. The average Bonchev–Trinajstić information content (AvgIpc) is 3.21. The quantitative estimate of drug-likeness (QED) is 0.752. The fourth-order valence-corrected chi connectivity index (χ4v) is 2.98. The number of pyridine rings is 1. The van der Waals surface area contributed by atoms with Gasteiger partial charge in [0.25, 0.3) is 0 Å². The molecule has 3 aromatic heterocycles. The predicted octanol–water partition coefficient (Wildman–Crippen LogP) is 2.35. The first-order chi connectivity index (χ1) is 11.1. The molecule has 0 spiro atoms. The molecule has 0 aliphatic heterocycles. The number of amides is 2. The Labute approximate surface area is 137 Å². The van der Waals surface area contributed by atoms with Gasteiger partial charge in [0, 0.05) is 30.2 Å². The van der Waals surface area contributed by atoms with Gasteiger partial charge in [-0.3, -0.25) is 4.40 Å². The number of rotatable bonds is 5. The molecule has 3 heterocycles. The number of thiazole rings is 1. The van der Waals surface area contributed by atoms with Gasteiger partial charge in [-0.2, -0.15) is 0 Å². The van der Waals surface area contributed by atoms with E-state index in [9.17, 15) is 4.79 Å². The Kier molecular flexibility index (Phi) is 4.52. The molecule has 3 aromatic rings. The highest BCUT2D eigenvalue weighted by Gasteiger charge is 2.16. The minimum absolute atomic E-state index is 0.185. The van der Waals surface area contributed by atoms with E-state index in [4.69, 9.17) is 0 Å². The van der Waals surface area contributed by atoms with Crippen LogP contribution in [0.1, 0.15) is 36.6 Å². The average molecular weight is 330 g/mol. The van der Waals surface area contributed by atoms with Crippen LogP contribution in [0.3, 0.4) is 0 Å². The smallest absolute Gasteiger partial charge is 0.315 e. The monoisotopic (exact) mass is 330 g/mol. The molecule has 3 rings (SSSR count). The lowest BCUT2D eigenvalue weighted by atomic mass is 10.2. The Morgan fingerprint density at radius 1 is 1.35 bits per heavy atom. The van der Waals surface area contributed by atoms with Crippen molar-refractivity contribution in [3.63, 3.8) is 0 Å². The fraction of sp³-hybridized carbons (Fsp3) is 0.333. The Balaban J connectivity index is 1.57. The van der Waals surface area contributed by atoms with Crippen LogP contribution in [0.2, 0.25) is 0 Å². The van der Waals surface area contributed by atoms with Crippen LogP contribution in [0.5, 0.6) is 0 Å². The third kappa shape index (κ3) is 3.48. The van der Waals surface area contributed by atoms with Crippen LogP contribution in [0.25, 0.3) is 5.65 Å². The van der Waals surface area contributed by atoms with Gasteiger partial charge < -0.3 is 10.6 Å². The maximum absolute atomic E-state index is 12.1. The second kappa shape index (κ2) is 6.74. The molecule has 0 bridgehead atoms. The number of hydrogen-bond acceptors (Lipinski definition) is 5. The summed E-state index contributed by atoms with van der Waals surface area (Å²) in [5.74, 6) is 0.883. The van der Waals surface area contributed by atoms with Crippen LogP contribution in [0, 0.1) is 0 Å². The minimum atomic E-state index is -0.248. The van der Waals surface area contributed by atoms with E-state index < -0.39 is 0 Å². The van der Waals surface area contributed by atoms with Crippen LogP contribution in [-0.4, -0.2) is 32.2 Å². The lowest BCUT2D eigenvalue weighted by molar-refractivity contribution is 0.237. The number of fused-ring (bicyclic) bond motifs is 1. The first-order valence-electron chi connectivity index (χ1n) is 7.38. The first kappa shape index (κ1) is 15.4. The molecule has 0 aliphatic rings. The van der Waals surface area contributed by atoms with Crippen LogP contribution < -0.4 is 10.6 Å². The lowest BCUT2D eigenvalue weighted by Gasteiger charge is -2.15. The maximum atomic E-state index is 12.1. The van der Waals surface area contributed by atoms with Gasteiger partial charge >= 0.3 is 6.03 Å². The summed E-state index contributed by atoms with van der Waals surface area (Å²) in [5, 5.41) is 16.9. The van der Waals surface area contributed by atoms with Crippen molar-refractivity contribution in [2.75, 3.05) is 6.54 Å². The van der Waals surface area contributed by atoms with Gasteiger partial charge in [0.1, 0.15) is 0 Å². The molecule has 0 saturated carbocycles. The van der Waals surface area contributed by atoms with Crippen molar-refractivity contribution in [3.05, 3.63) is 46.8 Å². The summed E-state index contributed by atoms with van der Waals surface area (Å²) in [4.78, 5) is 16.3. The second-order valence-electron chi connectivity index (χ2n) is 5.33. The molecule has 0 unspecified atom stereocenters. The molecule has 0 saturated heterocycles. The van der Waals surface area contributed by atoms with Crippen LogP contribution in [0.15, 0.2) is 36.0 Å². The zero-order valence-electron chi connectivity index (χ0n) is 12.9. The van der Waals surface area contributed by atoms with Crippen LogP contribution >= 0.6 is 11.3 Å². The van der Waals surface area contributed by atoms with Crippen molar-refractivity contribution < 1.29 is 4.79 Å². The van der Waals surface area contributed by atoms with Gasteiger partial charge in [0.2, 0.25) is 0 Å². The number of urea groups is 1. The molecule has 23 heavy (non-hydrogen) atoms. The highest BCUT2D eigenvalue weighted by Crippen LogP contribution is 2.16.